The summed E-state index contributed by atoms with van der Waals surface area (Å²) >= 11 is 0. The lowest BCUT2D eigenvalue weighted by Crippen LogP contribution is -2.59. The molecule has 2 saturated heterocycles. The van der Waals surface area contributed by atoms with Crippen molar-refractivity contribution in [1.82, 2.24) is 9.80 Å². The highest BCUT2D eigenvalue weighted by Crippen LogP contribution is 2.31. The molecule has 4 unspecified atom stereocenters. The van der Waals surface area contributed by atoms with E-state index >= 15 is 0 Å². The van der Waals surface area contributed by atoms with Gasteiger partial charge >= 0.3 is 0 Å². The minimum absolute atomic E-state index is 0.0684. The lowest BCUT2D eigenvalue weighted by atomic mass is 9.76. The fourth-order valence-electron chi connectivity index (χ4n) is 4.45. The predicted octanol–water partition coefficient (Wildman–Crippen LogP) is 1.45. The van der Waals surface area contributed by atoms with Crippen molar-refractivity contribution in [1.29, 1.82) is 0 Å². The number of fused-ring (bicyclic) bond motifs is 1. The molecule has 0 spiro atoms. The summed E-state index contributed by atoms with van der Waals surface area (Å²) in [6, 6.07) is 0.687. The molecule has 0 aromatic heterocycles. The lowest BCUT2D eigenvalue weighted by Gasteiger charge is -2.46. The minimum Gasteiger partial charge on any atom is -0.340 e. The maximum atomic E-state index is 12.9. The smallest absolute Gasteiger partial charge is 0.227 e. The average molecular weight is 279 g/mol. The molecule has 0 aromatic carbocycles. The lowest BCUT2D eigenvalue weighted by molar-refractivity contribution is -0.142. The molecule has 4 nitrogen and oxygen atoms in total. The molecular weight excluding hydrogens is 250 g/mol. The summed E-state index contributed by atoms with van der Waals surface area (Å²) in [5.41, 5.74) is 6.25. The van der Waals surface area contributed by atoms with Gasteiger partial charge in [0.05, 0.1) is 5.92 Å². The van der Waals surface area contributed by atoms with E-state index in [4.69, 9.17) is 5.73 Å². The highest BCUT2D eigenvalue weighted by Gasteiger charge is 2.39. The molecule has 0 radical (unpaired) electrons. The van der Waals surface area contributed by atoms with E-state index in [9.17, 15) is 4.79 Å². The van der Waals surface area contributed by atoms with Crippen molar-refractivity contribution in [3.8, 4) is 0 Å². The zero-order chi connectivity index (χ0) is 14.1. The number of hydrogen-bond acceptors (Lipinski definition) is 3. The predicted molar refractivity (Wildman–Crippen MR) is 80.3 cm³/mol. The average Bonchev–Trinajstić information content (AvgIpc) is 2.46. The van der Waals surface area contributed by atoms with Gasteiger partial charge in [0.2, 0.25) is 5.91 Å². The summed E-state index contributed by atoms with van der Waals surface area (Å²) in [5.74, 6) is 0.865. The summed E-state index contributed by atoms with van der Waals surface area (Å²) in [4.78, 5) is 17.6. The van der Waals surface area contributed by atoms with Crippen LogP contribution < -0.4 is 5.73 Å². The fourth-order valence-corrected chi connectivity index (χ4v) is 4.45. The first kappa shape index (κ1) is 14.3. The van der Waals surface area contributed by atoms with Gasteiger partial charge in [0.25, 0.3) is 0 Å². The SMILES string of the molecule is CC1CCCC(N)C1C(=O)N1CCN2CCCCC2C1. The van der Waals surface area contributed by atoms with Crippen LogP contribution in [-0.4, -0.2) is 54.0 Å². The molecule has 3 fully saturated rings. The largest absolute Gasteiger partial charge is 0.340 e. The van der Waals surface area contributed by atoms with Crippen molar-refractivity contribution < 1.29 is 4.79 Å². The van der Waals surface area contributed by atoms with Gasteiger partial charge in [-0.3, -0.25) is 9.69 Å². The van der Waals surface area contributed by atoms with E-state index in [0.717, 1.165) is 32.5 Å². The van der Waals surface area contributed by atoms with Crippen LogP contribution in [0.15, 0.2) is 0 Å². The molecule has 2 N–H and O–H groups in total. The first-order chi connectivity index (χ1) is 9.66. The van der Waals surface area contributed by atoms with Crippen LogP contribution in [0.4, 0.5) is 0 Å². The van der Waals surface area contributed by atoms with Gasteiger partial charge in [0.1, 0.15) is 0 Å². The molecule has 3 rings (SSSR count). The topological polar surface area (TPSA) is 49.6 Å². The number of piperidine rings is 1. The number of rotatable bonds is 1. The van der Waals surface area contributed by atoms with Crippen LogP contribution in [0.2, 0.25) is 0 Å². The Morgan fingerprint density at radius 2 is 1.90 bits per heavy atom. The Bertz CT molecular complexity index is 350. The van der Waals surface area contributed by atoms with Crippen molar-refractivity contribution in [3.63, 3.8) is 0 Å². The number of nitrogens with two attached hydrogens (primary N) is 1. The van der Waals surface area contributed by atoms with E-state index in [1.165, 1.54) is 32.2 Å². The van der Waals surface area contributed by atoms with Gasteiger partial charge in [-0.05, 0) is 38.1 Å². The fraction of sp³-hybridized carbons (Fsp3) is 0.938. The minimum atomic E-state index is 0.0684. The van der Waals surface area contributed by atoms with Gasteiger partial charge in [0.15, 0.2) is 0 Å². The zero-order valence-corrected chi connectivity index (χ0v) is 12.8. The highest BCUT2D eigenvalue weighted by molar-refractivity contribution is 5.80. The molecule has 1 aliphatic carbocycles. The Morgan fingerprint density at radius 3 is 2.70 bits per heavy atom. The van der Waals surface area contributed by atoms with Crippen LogP contribution in [0.25, 0.3) is 0 Å². The summed E-state index contributed by atoms with van der Waals surface area (Å²) in [5, 5.41) is 0. The molecule has 2 aliphatic heterocycles. The van der Waals surface area contributed by atoms with E-state index in [1.54, 1.807) is 0 Å². The Balaban J connectivity index is 1.64. The van der Waals surface area contributed by atoms with Gasteiger partial charge in [-0.2, -0.15) is 0 Å². The Morgan fingerprint density at radius 1 is 1.05 bits per heavy atom. The molecule has 114 valence electrons. The maximum Gasteiger partial charge on any atom is 0.227 e. The number of hydrogen-bond donors (Lipinski definition) is 1. The quantitative estimate of drug-likeness (QED) is 0.790. The van der Waals surface area contributed by atoms with Gasteiger partial charge in [0, 0.05) is 31.7 Å². The summed E-state index contributed by atoms with van der Waals surface area (Å²) in [6.45, 7) is 6.34. The number of carbonyl (C=O) groups excluding carboxylic acids is 1. The third kappa shape index (κ3) is 2.73. The van der Waals surface area contributed by atoms with Crippen LogP contribution in [0, 0.1) is 11.8 Å². The normalized spacial score (nSPS) is 39.4. The van der Waals surface area contributed by atoms with Crippen LogP contribution >= 0.6 is 0 Å². The van der Waals surface area contributed by atoms with E-state index in [0.29, 0.717) is 17.9 Å². The van der Waals surface area contributed by atoms with Crippen LogP contribution in [0.3, 0.4) is 0 Å². The van der Waals surface area contributed by atoms with E-state index in [1.807, 2.05) is 0 Å². The van der Waals surface area contributed by atoms with Gasteiger partial charge in [-0.15, -0.1) is 0 Å². The van der Waals surface area contributed by atoms with Crippen LogP contribution in [0.5, 0.6) is 0 Å². The van der Waals surface area contributed by atoms with Crippen molar-refractivity contribution in [2.24, 2.45) is 17.6 Å². The molecule has 0 bridgehead atoms. The number of nitrogens with zero attached hydrogens (tertiary/aromatic N) is 2. The van der Waals surface area contributed by atoms with E-state index in [-0.39, 0.29) is 12.0 Å². The Labute approximate surface area is 122 Å². The summed E-state index contributed by atoms with van der Waals surface area (Å²) in [6.07, 6.45) is 7.27. The van der Waals surface area contributed by atoms with Crippen molar-refractivity contribution in [2.45, 2.75) is 57.5 Å². The second-order valence-electron chi connectivity index (χ2n) is 7.07. The van der Waals surface area contributed by atoms with Crippen molar-refractivity contribution in [3.05, 3.63) is 0 Å². The highest BCUT2D eigenvalue weighted by atomic mass is 16.2. The number of piperazine rings is 1. The second kappa shape index (κ2) is 6.02. The summed E-state index contributed by atoms with van der Waals surface area (Å²) in [7, 11) is 0. The molecule has 1 amide bonds. The van der Waals surface area contributed by atoms with Crippen molar-refractivity contribution >= 4 is 5.91 Å². The van der Waals surface area contributed by atoms with Crippen molar-refractivity contribution in [2.75, 3.05) is 26.2 Å². The standard InChI is InChI=1S/C16H29N3O/c1-12-5-4-7-14(17)15(12)16(20)19-10-9-18-8-3-2-6-13(18)11-19/h12-15H,2-11,17H2,1H3. The Hall–Kier alpha value is -0.610. The maximum absolute atomic E-state index is 12.9. The van der Waals surface area contributed by atoms with E-state index < -0.39 is 0 Å². The molecular formula is C16H29N3O. The molecule has 2 heterocycles. The third-order valence-electron chi connectivity index (χ3n) is 5.71. The third-order valence-corrected chi connectivity index (χ3v) is 5.71. The van der Waals surface area contributed by atoms with Crippen LogP contribution in [0.1, 0.15) is 45.4 Å². The Kier molecular flexibility index (Phi) is 4.32. The second-order valence-corrected chi connectivity index (χ2v) is 7.07. The molecule has 4 atom stereocenters. The molecule has 4 heteroatoms. The summed E-state index contributed by atoms with van der Waals surface area (Å²) < 4.78 is 0. The molecule has 0 aromatic rings. The first-order valence-corrected chi connectivity index (χ1v) is 8.45. The first-order valence-electron chi connectivity index (χ1n) is 8.45. The zero-order valence-electron chi connectivity index (χ0n) is 12.8. The van der Waals surface area contributed by atoms with Gasteiger partial charge in [-0.25, -0.2) is 0 Å². The molecule has 20 heavy (non-hydrogen) atoms. The number of carbonyl (C=O) groups is 1. The monoisotopic (exact) mass is 279 g/mol. The van der Waals surface area contributed by atoms with Crippen LogP contribution in [-0.2, 0) is 4.79 Å². The van der Waals surface area contributed by atoms with Gasteiger partial charge in [-0.1, -0.05) is 19.8 Å². The molecule has 1 saturated carbocycles. The molecule has 3 aliphatic rings. The van der Waals surface area contributed by atoms with E-state index in [2.05, 4.69) is 16.7 Å². The number of amides is 1. The van der Waals surface area contributed by atoms with Gasteiger partial charge < -0.3 is 10.6 Å².